The lowest BCUT2D eigenvalue weighted by molar-refractivity contribution is -0.445. The zero-order chi connectivity index (χ0) is 21.4. The highest BCUT2D eigenvalue weighted by atomic mass is 35.5. The molecule has 0 aliphatic heterocycles. The first-order valence-corrected chi connectivity index (χ1v) is 1.98. The second-order valence-corrected chi connectivity index (χ2v) is 0.697. The molecule has 0 saturated heterocycles. The molecule has 0 aliphatic carbocycles. The summed E-state index contributed by atoms with van der Waals surface area (Å²) in [5, 5.41) is 18.1. The highest BCUT2D eigenvalue weighted by Gasteiger charge is 1.57. The highest BCUT2D eigenvalue weighted by molar-refractivity contribution is 5.85. The zero-order valence-corrected chi connectivity index (χ0v) is 7.82. The predicted molar refractivity (Wildman–Crippen MR) is 70.4 cm³/mol. The molecule has 0 aromatic heterocycles. The first-order chi connectivity index (χ1) is 10.1. The van der Waals surface area contributed by atoms with E-state index in [9.17, 15) is 10.1 Å². The highest BCUT2D eigenvalue weighted by Crippen LogP contribution is 1.40. The summed E-state index contributed by atoms with van der Waals surface area (Å²) in [6, 6.07) is 0. The largest absolute Gasteiger partial charge is 0.412 e. The number of hydrogen-bond donors (Lipinski definition) is 2. The Bertz CT molecular complexity index is 298. The number of nitrogens with two attached hydrogens (primary N) is 2. The number of rotatable bonds is 0. The van der Waals surface area contributed by atoms with Gasteiger partial charge in [-0.05, 0) is 14.0 Å². The van der Waals surface area contributed by atoms with Crippen molar-refractivity contribution in [2.45, 2.75) is 14.9 Å². The van der Waals surface area contributed by atoms with E-state index in [4.69, 9.17) is 25.3 Å². The Morgan fingerprint density at radius 3 is 1.25 bits per heavy atom. The predicted octanol–water partition coefficient (Wildman–Crippen LogP) is -0.195. The standard InChI is InChI=1S/2CH3NO2.2CH5N.2CH4.ClH.H2O/c2*1-2(3)4;2*1-2;;;;/h2*1H3;2*2H2,1H3;2*1H4;1H;1H2/i1D3;;2*1D3;;;;/hD2. The Balaban J connectivity index is -0.0000000278. The Morgan fingerprint density at radius 2 is 1.25 bits per heavy atom. The van der Waals surface area contributed by atoms with E-state index in [2.05, 4.69) is 16.9 Å². The van der Waals surface area contributed by atoms with E-state index in [0.29, 0.717) is 0 Å². The maximum absolute atomic E-state index is 9.26. The third-order valence-electron chi connectivity index (χ3n) is 0. The zero-order valence-electron chi connectivity index (χ0n) is 18.0. The number of nitrogens with zero attached hydrogens (tertiary/aromatic N) is 2. The summed E-state index contributed by atoms with van der Waals surface area (Å²) in [6.45, 7) is -7.53. The first-order valence-electron chi connectivity index (χ1n) is 7.29. The summed E-state index contributed by atoms with van der Waals surface area (Å²) in [7, 11) is 0.889. The molecule has 0 rings (SSSR count). The van der Waals surface area contributed by atoms with Crippen LogP contribution in [0.15, 0.2) is 0 Å². The van der Waals surface area contributed by atoms with E-state index in [0.717, 1.165) is 7.05 Å². The molecule has 0 radical (unpaired) electrons. The van der Waals surface area contributed by atoms with Crippen molar-refractivity contribution < 1.29 is 27.7 Å². The molecule has 9 nitrogen and oxygen atoms in total. The topological polar surface area (TPSA) is 170 Å². The van der Waals surface area contributed by atoms with Gasteiger partial charge in [-0.25, -0.2) is 0 Å². The Hall–Kier alpha value is -1.03. The molecule has 0 heterocycles. The van der Waals surface area contributed by atoms with E-state index in [-0.39, 0.29) is 27.3 Å². The SMILES string of the molecule is C.C.C[N+](=O)[O-].Cl.[2H]C([2H])([2H])N.[2H]C([2H])([2H])N.[2H]C([2H])([2H])[N+](=O)[O-].[2H]O[2H]. The van der Waals surface area contributed by atoms with Crippen LogP contribution in [-0.4, -0.2) is 46.2 Å². The lowest BCUT2D eigenvalue weighted by Crippen LogP contribution is -1.79. The third kappa shape index (κ3) is 1750. The average Bonchev–Trinajstić information content (AvgIpc) is 2.09. The van der Waals surface area contributed by atoms with E-state index < -0.39 is 30.8 Å². The minimum Gasteiger partial charge on any atom is -0.412 e. The molecule has 108 valence electrons. The van der Waals surface area contributed by atoms with Crippen molar-refractivity contribution in [1.82, 2.24) is 0 Å². The molecule has 0 atom stereocenters. The normalized spacial score (nSPS) is 15.8. The maximum Gasteiger partial charge on any atom is 0.206 e. The van der Waals surface area contributed by atoms with Gasteiger partial charge in [0.15, 0.2) is 14.0 Å². The molecule has 0 saturated carbocycles. The molecule has 0 spiro atoms. The number of halogens is 1. The average molecular weight is 282 g/mol. The van der Waals surface area contributed by atoms with Gasteiger partial charge in [0.1, 0.15) is 4.11 Å². The molecule has 0 aromatic rings. The van der Waals surface area contributed by atoms with Crippen LogP contribution in [0.1, 0.15) is 27.2 Å². The minimum absolute atomic E-state index is 0. The lowest BCUT2D eigenvalue weighted by atomic mass is 11.5. The maximum atomic E-state index is 9.26. The monoisotopic (exact) mass is 281 g/mol. The van der Waals surface area contributed by atoms with E-state index in [1.165, 1.54) is 0 Å². The van der Waals surface area contributed by atoms with Crippen molar-refractivity contribution >= 4 is 12.4 Å². The summed E-state index contributed by atoms with van der Waals surface area (Å²) < 4.78 is 65.1. The lowest BCUT2D eigenvalue weighted by Gasteiger charge is -1.63. The van der Waals surface area contributed by atoms with Crippen molar-refractivity contribution in [1.29, 1.82) is 2.86 Å². The van der Waals surface area contributed by atoms with Crippen molar-refractivity contribution in [3.63, 3.8) is 0 Å². The van der Waals surface area contributed by atoms with Crippen LogP contribution >= 0.6 is 12.4 Å². The van der Waals surface area contributed by atoms with Crippen LogP contribution in [0.4, 0.5) is 0 Å². The van der Waals surface area contributed by atoms with Gasteiger partial charge in [0.25, 0.3) is 0 Å². The van der Waals surface area contributed by atoms with Crippen LogP contribution in [0.25, 0.3) is 0 Å². The Morgan fingerprint density at radius 1 is 1.19 bits per heavy atom. The van der Waals surface area contributed by atoms with Crippen molar-refractivity contribution in [2.24, 2.45) is 11.5 Å². The molecule has 0 unspecified atom stereocenters. The van der Waals surface area contributed by atoms with Gasteiger partial charge >= 0.3 is 0 Å². The fourth-order valence-electron chi connectivity index (χ4n) is 0. The van der Waals surface area contributed by atoms with Gasteiger partial charge < -0.3 is 16.9 Å². The number of nitro groups is 2. The summed E-state index contributed by atoms with van der Waals surface area (Å²) in [5.41, 5.74) is 11.5. The minimum atomic E-state index is -3.03. The second-order valence-electron chi connectivity index (χ2n) is 0.697. The van der Waals surface area contributed by atoms with Crippen molar-refractivity contribution in [3.8, 4) is 0 Å². The van der Waals surface area contributed by atoms with Gasteiger partial charge in [0, 0.05) is 18.1 Å². The van der Waals surface area contributed by atoms with Crippen molar-refractivity contribution in [3.05, 3.63) is 20.2 Å². The molecule has 16 heavy (non-hydrogen) atoms. The van der Waals surface area contributed by atoms with Gasteiger partial charge in [0.05, 0.1) is 0 Å². The molecule has 0 aromatic carbocycles. The summed E-state index contributed by atoms with van der Waals surface area (Å²) in [4.78, 5) is 16.3. The van der Waals surface area contributed by atoms with Gasteiger partial charge in [-0.1, -0.05) is 14.9 Å². The quantitative estimate of drug-likeness (QED) is 0.460. The molecule has 0 aliphatic rings. The Labute approximate surface area is 119 Å². The van der Waals surface area contributed by atoms with Crippen molar-refractivity contribution in [2.75, 3.05) is 28.0 Å². The second kappa shape index (κ2) is 95.1. The Kier molecular flexibility index (Phi) is 53.8. The number of hydrogen-bond acceptors (Lipinski definition) is 6. The third-order valence-corrected chi connectivity index (χ3v) is 0. The van der Waals surface area contributed by atoms with Gasteiger partial charge in [-0.2, -0.15) is 0 Å². The molecule has 0 bridgehead atoms. The van der Waals surface area contributed by atoms with Crippen LogP contribution in [0.3, 0.4) is 0 Å². The summed E-state index contributed by atoms with van der Waals surface area (Å²) in [5.74, 6) is 0. The van der Waals surface area contributed by atoms with Gasteiger partial charge in [0.2, 0.25) is 2.86 Å². The van der Waals surface area contributed by atoms with Crippen LogP contribution in [-0.2, 0) is 0 Å². The summed E-state index contributed by atoms with van der Waals surface area (Å²) >= 11 is 0. The first kappa shape index (κ1) is 9.05. The van der Waals surface area contributed by atoms with Crippen LogP contribution in [0.2, 0.25) is 0 Å². The van der Waals surface area contributed by atoms with Crippen LogP contribution < -0.4 is 11.5 Å². The van der Waals surface area contributed by atoms with E-state index in [1.54, 1.807) is 0 Å². The molecular weight excluding hydrogens is 244 g/mol. The van der Waals surface area contributed by atoms with Crippen LogP contribution in [0.5, 0.6) is 0 Å². The smallest absolute Gasteiger partial charge is 0.206 e. The van der Waals surface area contributed by atoms with Crippen LogP contribution in [0, 0.1) is 20.2 Å². The molecular formula is C6H27ClN4O5. The van der Waals surface area contributed by atoms with Gasteiger partial charge in [-0.15, -0.1) is 12.4 Å². The molecule has 10 heteroatoms. The van der Waals surface area contributed by atoms with E-state index in [1.807, 2.05) is 0 Å². The summed E-state index contributed by atoms with van der Waals surface area (Å²) in [6.07, 6.45) is 0. The molecule has 0 fully saturated rings. The molecule has 0 amide bonds. The van der Waals surface area contributed by atoms with Gasteiger partial charge in [-0.3, -0.25) is 20.2 Å². The fraction of sp³-hybridized carbons (Fsp3) is 1.00. The fourth-order valence-corrected chi connectivity index (χ4v) is 0. The molecule has 6 N–H and O–H groups in total. The van der Waals surface area contributed by atoms with E-state index >= 15 is 0 Å².